The van der Waals surface area contributed by atoms with Crippen molar-refractivity contribution < 1.29 is 33.3 Å². The smallest absolute Gasteiger partial charge is 0.306 e. The van der Waals surface area contributed by atoms with E-state index in [-0.39, 0.29) is 31.5 Å². The lowest BCUT2D eigenvalue weighted by atomic mass is 10.0. The second-order valence-electron chi connectivity index (χ2n) is 12.4. The molecule has 0 saturated heterocycles. The fourth-order valence-electron chi connectivity index (χ4n) is 5.19. The Hall–Kier alpha value is -3.98. The van der Waals surface area contributed by atoms with Gasteiger partial charge in [0.05, 0.1) is 70.5 Å². The van der Waals surface area contributed by atoms with Gasteiger partial charge in [-0.2, -0.15) is 10.5 Å². The average Bonchev–Trinajstić information content (AvgIpc) is 3.48. The van der Waals surface area contributed by atoms with Crippen LogP contribution < -0.4 is 4.90 Å². The summed E-state index contributed by atoms with van der Waals surface area (Å²) in [6.07, 6.45) is 12.7. The van der Waals surface area contributed by atoms with E-state index >= 15 is 0 Å². The summed E-state index contributed by atoms with van der Waals surface area (Å²) >= 11 is 1.17. The molecule has 1 unspecified atom stereocenters. The molecular formula is C40H57N5O7S. The first-order valence-electron chi connectivity index (χ1n) is 18.7. The number of anilines is 1. The molecule has 1 heterocycles. The number of aryl methyl sites for hydroxylation is 1. The van der Waals surface area contributed by atoms with Crippen molar-refractivity contribution in [3.8, 4) is 12.1 Å². The molecule has 290 valence electrons. The quantitative estimate of drug-likeness (QED) is 0.0249. The zero-order valence-corrected chi connectivity index (χ0v) is 32.8. The topological polar surface area (TPSA) is 156 Å². The Labute approximate surface area is 319 Å². The molecule has 0 radical (unpaired) electrons. The Kier molecular flexibility index (Phi) is 24.3. The van der Waals surface area contributed by atoms with Gasteiger partial charge in [0.25, 0.3) is 0 Å². The highest BCUT2D eigenvalue weighted by Crippen LogP contribution is 2.36. The molecule has 0 aliphatic carbocycles. The summed E-state index contributed by atoms with van der Waals surface area (Å²) < 4.78 is 27.5. The number of azo groups is 1. The van der Waals surface area contributed by atoms with Gasteiger partial charge in [-0.1, -0.05) is 44.8 Å². The Morgan fingerprint density at radius 2 is 1.53 bits per heavy atom. The van der Waals surface area contributed by atoms with Crippen molar-refractivity contribution in [2.45, 2.75) is 79.1 Å². The number of carbonyl (C=O) groups is 2. The summed E-state index contributed by atoms with van der Waals surface area (Å²) in [5.41, 5.74) is 3.72. The van der Waals surface area contributed by atoms with Gasteiger partial charge >= 0.3 is 5.97 Å². The fraction of sp³-hybridized carbons (Fsp3) is 0.600. The molecule has 13 heteroatoms. The summed E-state index contributed by atoms with van der Waals surface area (Å²) in [4.78, 5) is 26.1. The van der Waals surface area contributed by atoms with Crippen LogP contribution in [-0.4, -0.2) is 84.8 Å². The highest BCUT2D eigenvalue weighted by atomic mass is 32.1. The largest absolute Gasteiger partial charge is 0.463 e. The monoisotopic (exact) mass is 751 g/mol. The number of thiophene rings is 1. The van der Waals surface area contributed by atoms with Gasteiger partial charge in [-0.3, -0.25) is 4.79 Å². The average molecular weight is 752 g/mol. The molecule has 12 nitrogen and oxygen atoms in total. The minimum atomic E-state index is -0.389. The Bertz CT molecular complexity index is 1500. The van der Waals surface area contributed by atoms with Gasteiger partial charge in [0, 0.05) is 24.7 Å². The van der Waals surface area contributed by atoms with Crippen LogP contribution in [0.1, 0.15) is 86.8 Å². The molecule has 0 N–H and O–H groups in total. The van der Waals surface area contributed by atoms with Crippen molar-refractivity contribution in [1.82, 2.24) is 0 Å². The van der Waals surface area contributed by atoms with Crippen LogP contribution in [0.4, 0.5) is 16.4 Å². The number of nitriles is 2. The molecule has 0 bridgehead atoms. The third-order valence-electron chi connectivity index (χ3n) is 8.33. The molecule has 0 aliphatic heterocycles. The van der Waals surface area contributed by atoms with Crippen molar-refractivity contribution in [2.75, 3.05) is 77.5 Å². The molecule has 0 saturated carbocycles. The van der Waals surface area contributed by atoms with Gasteiger partial charge in [-0.25, -0.2) is 0 Å². The Balaban J connectivity index is 1.48. The number of carbonyl (C=O) groups excluding carboxylic acids is 2. The zero-order valence-electron chi connectivity index (χ0n) is 32.0. The molecule has 0 spiro atoms. The molecule has 0 amide bonds. The highest BCUT2D eigenvalue weighted by molar-refractivity contribution is 7.16. The summed E-state index contributed by atoms with van der Waals surface area (Å²) in [6.45, 7) is 13.1. The molecule has 1 aromatic carbocycles. The number of hydrogen-bond acceptors (Lipinski definition) is 13. The number of unbranched alkanes of at least 4 members (excludes halogenated alkanes) is 5. The van der Waals surface area contributed by atoms with Gasteiger partial charge in [0.1, 0.15) is 29.9 Å². The second kappa shape index (κ2) is 28.5. The molecule has 1 aromatic heterocycles. The van der Waals surface area contributed by atoms with E-state index in [0.29, 0.717) is 85.9 Å². The number of esters is 1. The van der Waals surface area contributed by atoms with Crippen molar-refractivity contribution in [1.29, 1.82) is 10.5 Å². The number of aldehydes is 1. The van der Waals surface area contributed by atoms with E-state index in [2.05, 4.69) is 53.3 Å². The van der Waals surface area contributed by atoms with Crippen LogP contribution in [0.15, 0.2) is 40.6 Å². The van der Waals surface area contributed by atoms with Crippen LogP contribution in [0.3, 0.4) is 0 Å². The number of rotatable bonds is 30. The van der Waals surface area contributed by atoms with Gasteiger partial charge in [0.2, 0.25) is 0 Å². The van der Waals surface area contributed by atoms with Gasteiger partial charge in [0.15, 0.2) is 5.00 Å². The predicted octanol–water partition coefficient (Wildman–Crippen LogP) is 8.47. The number of nitrogens with zero attached hydrogens (tertiary/aromatic N) is 5. The first-order chi connectivity index (χ1) is 25.9. The van der Waals surface area contributed by atoms with E-state index < -0.39 is 0 Å². The third-order valence-corrected chi connectivity index (χ3v) is 9.41. The molecule has 1 atom stereocenters. The number of likely N-dealkylation sites (N-methyl/N-ethyl adjacent to an activating group) is 1. The lowest BCUT2D eigenvalue weighted by Gasteiger charge is -2.23. The Morgan fingerprint density at radius 1 is 0.868 bits per heavy atom. The number of benzene rings is 1. The maximum atomic E-state index is 12.0. The second-order valence-corrected chi connectivity index (χ2v) is 13.4. The number of hydrogen-bond donors (Lipinski definition) is 0. The molecule has 2 rings (SSSR count). The lowest BCUT2D eigenvalue weighted by molar-refractivity contribution is -0.147. The van der Waals surface area contributed by atoms with Crippen molar-refractivity contribution in [2.24, 2.45) is 16.1 Å². The van der Waals surface area contributed by atoms with E-state index in [1.54, 1.807) is 6.92 Å². The van der Waals surface area contributed by atoms with E-state index in [1.807, 2.05) is 25.1 Å². The minimum absolute atomic E-state index is 0.0797. The van der Waals surface area contributed by atoms with Gasteiger partial charge in [-0.05, 0) is 69.4 Å². The zero-order chi connectivity index (χ0) is 38.5. The molecule has 2 aromatic rings. The summed E-state index contributed by atoms with van der Waals surface area (Å²) in [5.74, 6) is -0.747. The maximum Gasteiger partial charge on any atom is 0.306 e. The van der Waals surface area contributed by atoms with Gasteiger partial charge in [-0.15, -0.1) is 21.6 Å². The van der Waals surface area contributed by atoms with Crippen molar-refractivity contribution in [3.63, 3.8) is 0 Å². The number of ether oxygens (including phenoxy) is 5. The number of allylic oxidation sites excluding steroid dienone is 2. The maximum absolute atomic E-state index is 12.0. The summed E-state index contributed by atoms with van der Waals surface area (Å²) in [6, 6.07) is 10.2. The van der Waals surface area contributed by atoms with Crippen LogP contribution in [0, 0.1) is 42.4 Å². The van der Waals surface area contributed by atoms with Crippen LogP contribution in [-0.2, 0) is 33.3 Å². The van der Waals surface area contributed by atoms with Gasteiger partial charge < -0.3 is 33.4 Å². The van der Waals surface area contributed by atoms with E-state index in [0.717, 1.165) is 36.9 Å². The van der Waals surface area contributed by atoms with E-state index in [4.69, 9.17) is 23.7 Å². The van der Waals surface area contributed by atoms with Crippen molar-refractivity contribution >= 4 is 40.0 Å². The van der Waals surface area contributed by atoms with E-state index in [1.165, 1.54) is 37.0 Å². The summed E-state index contributed by atoms with van der Waals surface area (Å²) in [7, 11) is 0. The SMILES string of the molecule is CCCCCCC/C=C/CC(C=O)CC(=O)OCCOCCOCCOCCOCCN(CC)c1ccc(N=Nc2sc(C#N)c(C)c2C#N)c(C)c1. The summed E-state index contributed by atoms with van der Waals surface area (Å²) in [5, 5.41) is 27.8. The van der Waals surface area contributed by atoms with E-state index in [9.17, 15) is 20.1 Å². The minimum Gasteiger partial charge on any atom is -0.463 e. The first-order valence-corrected chi connectivity index (χ1v) is 19.5. The van der Waals surface area contributed by atoms with Crippen LogP contribution in [0.5, 0.6) is 0 Å². The van der Waals surface area contributed by atoms with Crippen LogP contribution in [0.25, 0.3) is 0 Å². The molecule has 0 aliphatic rings. The van der Waals surface area contributed by atoms with Crippen molar-refractivity contribution in [3.05, 3.63) is 51.9 Å². The normalized spacial score (nSPS) is 11.9. The standard InChI is InChI=1S/C40H57N5O7S/c1-5-7-8-9-10-11-12-13-14-34(31-46)28-39(47)52-26-25-51-24-23-50-22-21-49-20-19-48-18-17-45(6-2)35-15-16-37(32(3)27-35)43-44-40-36(29-41)33(4)38(30-42)53-40/h12-13,15-16,27,31,34H,5-11,14,17-26,28H2,1-4H3/b13-12+,44-43?. The predicted molar refractivity (Wildman–Crippen MR) is 207 cm³/mol. The van der Waals surface area contributed by atoms with Crippen LogP contribution >= 0.6 is 11.3 Å². The fourth-order valence-corrected chi connectivity index (χ4v) is 6.07. The van der Waals surface area contributed by atoms with Crippen LogP contribution in [0.2, 0.25) is 0 Å². The lowest BCUT2D eigenvalue weighted by Crippen LogP contribution is -2.27. The first kappa shape index (κ1) is 45.2. The highest BCUT2D eigenvalue weighted by Gasteiger charge is 2.15. The molecular weight excluding hydrogens is 695 g/mol. The molecule has 0 fully saturated rings. The third kappa shape index (κ3) is 18.6. The Morgan fingerprint density at radius 3 is 2.13 bits per heavy atom. The molecule has 53 heavy (non-hydrogen) atoms.